The summed E-state index contributed by atoms with van der Waals surface area (Å²) in [7, 11) is 0. The summed E-state index contributed by atoms with van der Waals surface area (Å²) in [5, 5.41) is 0. The first-order chi connectivity index (χ1) is 6.91. The van der Waals surface area contributed by atoms with E-state index in [4.69, 9.17) is 0 Å². The second-order valence-electron chi connectivity index (χ2n) is 3.06. The molecule has 5 heteroatoms. The van der Waals surface area contributed by atoms with Gasteiger partial charge in [0.2, 0.25) is 5.91 Å². The lowest BCUT2D eigenvalue weighted by Crippen LogP contribution is -2.40. The largest absolute Gasteiger partial charge is 0.487 e. The number of alkyl halides is 3. The molecule has 0 bridgehead atoms. The number of carbonyl (C=O) groups excluding carboxylic acids is 1. The summed E-state index contributed by atoms with van der Waals surface area (Å²) in [6, 6.07) is 8.05. The zero-order valence-corrected chi connectivity index (χ0v) is 8.08. The van der Waals surface area contributed by atoms with E-state index in [1.54, 1.807) is 30.3 Å². The van der Waals surface area contributed by atoms with Crippen LogP contribution in [-0.4, -0.2) is 17.1 Å². The van der Waals surface area contributed by atoms with Crippen molar-refractivity contribution >= 4 is 5.91 Å². The maximum atomic E-state index is 12.4. The topological polar surface area (TPSA) is 20.3 Å². The molecule has 0 atom stereocenters. The third-order valence-electron chi connectivity index (χ3n) is 1.87. The molecule has 1 aromatic rings. The Morgan fingerprint density at radius 2 is 1.80 bits per heavy atom. The molecule has 82 valence electrons. The Morgan fingerprint density at radius 3 is 2.20 bits per heavy atom. The van der Waals surface area contributed by atoms with Crippen LogP contribution < -0.4 is 0 Å². The molecule has 0 radical (unpaired) electrons. The van der Waals surface area contributed by atoms with Gasteiger partial charge in [0.15, 0.2) is 0 Å². The number of halogens is 3. The van der Waals surface area contributed by atoms with E-state index in [1.165, 1.54) is 0 Å². The van der Waals surface area contributed by atoms with E-state index >= 15 is 0 Å². The maximum Gasteiger partial charge on any atom is 0.487 e. The van der Waals surface area contributed by atoms with E-state index in [2.05, 4.69) is 0 Å². The van der Waals surface area contributed by atoms with Gasteiger partial charge in [-0.25, -0.2) is 4.90 Å². The van der Waals surface area contributed by atoms with Crippen LogP contribution in [0.15, 0.2) is 30.3 Å². The molecule has 0 spiro atoms. The van der Waals surface area contributed by atoms with Crippen molar-refractivity contribution in [2.24, 2.45) is 0 Å². The third-order valence-corrected chi connectivity index (χ3v) is 1.87. The molecule has 0 fully saturated rings. The number of rotatable bonds is 2. The van der Waals surface area contributed by atoms with E-state index in [9.17, 15) is 18.0 Å². The van der Waals surface area contributed by atoms with Gasteiger partial charge >= 0.3 is 6.30 Å². The van der Waals surface area contributed by atoms with Crippen LogP contribution in [0.25, 0.3) is 0 Å². The fourth-order valence-electron chi connectivity index (χ4n) is 1.15. The Bertz CT molecular complexity index is 334. The van der Waals surface area contributed by atoms with Gasteiger partial charge in [-0.1, -0.05) is 30.3 Å². The second-order valence-corrected chi connectivity index (χ2v) is 3.06. The summed E-state index contributed by atoms with van der Waals surface area (Å²) in [5.74, 6) is -1.01. The van der Waals surface area contributed by atoms with E-state index in [0.717, 1.165) is 6.92 Å². The molecule has 1 rings (SSSR count). The molecule has 1 aromatic carbocycles. The van der Waals surface area contributed by atoms with Crippen LogP contribution >= 0.6 is 0 Å². The standard InChI is InChI=1S/C10H10F3NO/c1-8(15)14(10(11,12)13)7-9-5-3-2-4-6-9/h2-6H,7H2,1H3. The van der Waals surface area contributed by atoms with Crippen LogP contribution in [0.4, 0.5) is 13.2 Å². The molecule has 2 nitrogen and oxygen atoms in total. The monoisotopic (exact) mass is 217 g/mol. The molecule has 0 aliphatic heterocycles. The van der Waals surface area contributed by atoms with Gasteiger partial charge in [0.1, 0.15) is 0 Å². The SMILES string of the molecule is CC(=O)N(Cc1ccccc1)C(F)(F)F. The minimum Gasteiger partial charge on any atom is -0.275 e. The van der Waals surface area contributed by atoms with Crippen molar-refractivity contribution < 1.29 is 18.0 Å². The number of hydrogen-bond donors (Lipinski definition) is 0. The van der Waals surface area contributed by atoms with Crippen molar-refractivity contribution in [3.8, 4) is 0 Å². The Balaban J connectivity index is 2.82. The van der Waals surface area contributed by atoms with Crippen molar-refractivity contribution in [3.05, 3.63) is 35.9 Å². The number of carbonyl (C=O) groups is 1. The Hall–Kier alpha value is -1.52. The third kappa shape index (κ3) is 3.27. The highest BCUT2D eigenvalue weighted by atomic mass is 19.4. The van der Waals surface area contributed by atoms with E-state index < -0.39 is 18.8 Å². The summed E-state index contributed by atoms with van der Waals surface area (Å²) in [4.78, 5) is 10.7. The molecule has 0 saturated heterocycles. The normalized spacial score (nSPS) is 11.2. The van der Waals surface area contributed by atoms with Crippen molar-refractivity contribution in [1.29, 1.82) is 0 Å². The first-order valence-corrected chi connectivity index (χ1v) is 4.30. The van der Waals surface area contributed by atoms with E-state index in [0.29, 0.717) is 5.56 Å². The molecule has 1 amide bonds. The van der Waals surface area contributed by atoms with Gasteiger partial charge in [-0.15, -0.1) is 13.2 Å². The minimum atomic E-state index is -4.62. The molecule has 0 aromatic heterocycles. The first-order valence-electron chi connectivity index (χ1n) is 4.30. The minimum absolute atomic E-state index is 0.123. The summed E-state index contributed by atoms with van der Waals surface area (Å²) < 4.78 is 37.1. The van der Waals surface area contributed by atoms with Gasteiger partial charge in [0, 0.05) is 6.92 Å². The lowest BCUT2D eigenvalue weighted by Gasteiger charge is -2.23. The molecule has 0 unspecified atom stereocenters. The van der Waals surface area contributed by atoms with Crippen LogP contribution in [0.1, 0.15) is 12.5 Å². The molecular weight excluding hydrogens is 207 g/mol. The molecule has 0 aliphatic carbocycles. The van der Waals surface area contributed by atoms with Crippen molar-refractivity contribution in [1.82, 2.24) is 4.90 Å². The molecule has 0 saturated carbocycles. The van der Waals surface area contributed by atoms with Crippen LogP contribution in [0, 0.1) is 0 Å². The Morgan fingerprint density at radius 1 is 1.27 bits per heavy atom. The molecule has 0 heterocycles. The number of benzene rings is 1. The molecule has 0 aliphatic rings. The number of amides is 1. The highest BCUT2D eigenvalue weighted by Crippen LogP contribution is 2.23. The fraction of sp³-hybridized carbons (Fsp3) is 0.300. The summed E-state index contributed by atoms with van der Waals surface area (Å²) in [5.41, 5.74) is 0.449. The van der Waals surface area contributed by atoms with E-state index in [1.807, 2.05) is 0 Å². The van der Waals surface area contributed by atoms with Crippen LogP contribution in [-0.2, 0) is 11.3 Å². The molecule has 0 N–H and O–H groups in total. The molecule has 15 heavy (non-hydrogen) atoms. The Labute approximate surface area is 85.3 Å². The van der Waals surface area contributed by atoms with E-state index in [-0.39, 0.29) is 4.90 Å². The van der Waals surface area contributed by atoms with Crippen molar-refractivity contribution in [2.75, 3.05) is 0 Å². The average Bonchev–Trinajstić information content (AvgIpc) is 2.13. The first kappa shape index (κ1) is 11.6. The predicted molar refractivity (Wildman–Crippen MR) is 48.7 cm³/mol. The average molecular weight is 217 g/mol. The summed E-state index contributed by atoms with van der Waals surface area (Å²) >= 11 is 0. The van der Waals surface area contributed by atoms with Gasteiger partial charge in [-0.05, 0) is 5.56 Å². The quantitative estimate of drug-likeness (QED) is 0.697. The highest BCUT2D eigenvalue weighted by molar-refractivity contribution is 5.73. The zero-order valence-electron chi connectivity index (χ0n) is 8.08. The summed E-state index contributed by atoms with van der Waals surface area (Å²) in [6.07, 6.45) is -4.62. The Kier molecular flexibility index (Phi) is 3.34. The van der Waals surface area contributed by atoms with Crippen molar-refractivity contribution in [2.45, 2.75) is 19.8 Å². The fourth-order valence-corrected chi connectivity index (χ4v) is 1.15. The van der Waals surface area contributed by atoms with Crippen molar-refractivity contribution in [3.63, 3.8) is 0 Å². The maximum absolute atomic E-state index is 12.4. The van der Waals surface area contributed by atoms with Crippen LogP contribution in [0.5, 0.6) is 0 Å². The number of nitrogens with zero attached hydrogens (tertiary/aromatic N) is 1. The summed E-state index contributed by atoms with van der Waals surface area (Å²) in [6.45, 7) is 0.454. The smallest absolute Gasteiger partial charge is 0.275 e. The van der Waals surface area contributed by atoms with Crippen LogP contribution in [0.2, 0.25) is 0 Å². The second kappa shape index (κ2) is 4.33. The highest BCUT2D eigenvalue weighted by Gasteiger charge is 2.39. The predicted octanol–water partition coefficient (Wildman–Crippen LogP) is 2.55. The lowest BCUT2D eigenvalue weighted by molar-refractivity contribution is -0.242. The number of hydrogen-bond acceptors (Lipinski definition) is 1. The van der Waals surface area contributed by atoms with Gasteiger partial charge in [0.25, 0.3) is 0 Å². The van der Waals surface area contributed by atoms with Gasteiger partial charge < -0.3 is 0 Å². The lowest BCUT2D eigenvalue weighted by atomic mass is 10.2. The van der Waals surface area contributed by atoms with Gasteiger partial charge in [0.05, 0.1) is 6.54 Å². The zero-order chi connectivity index (χ0) is 11.5. The van der Waals surface area contributed by atoms with Gasteiger partial charge in [-0.3, -0.25) is 4.79 Å². The van der Waals surface area contributed by atoms with Gasteiger partial charge in [-0.2, -0.15) is 0 Å². The van der Waals surface area contributed by atoms with Crippen LogP contribution in [0.3, 0.4) is 0 Å². The molecular formula is C10H10F3NO.